The molecule has 15 heavy (non-hydrogen) atoms. The van der Waals surface area contributed by atoms with E-state index in [9.17, 15) is 4.79 Å². The summed E-state index contributed by atoms with van der Waals surface area (Å²) >= 11 is 0. The van der Waals surface area contributed by atoms with Crippen LogP contribution in [0.1, 0.15) is 31.2 Å². The lowest BCUT2D eigenvalue weighted by molar-refractivity contribution is -0.121. The van der Waals surface area contributed by atoms with E-state index in [1.54, 1.807) is 0 Å². The molecule has 1 N–H and O–H groups in total. The smallest absolute Gasteiger partial charge is 0.155 e. The van der Waals surface area contributed by atoms with Crippen molar-refractivity contribution in [2.75, 3.05) is 5.32 Å². The molecule has 1 aromatic carbocycles. The monoisotopic (exact) mass is 203 g/mol. The van der Waals surface area contributed by atoms with Crippen molar-refractivity contribution >= 4 is 11.5 Å². The lowest BCUT2D eigenvalue weighted by Gasteiger charge is -2.22. The number of rotatable bonds is 2. The zero-order valence-corrected chi connectivity index (χ0v) is 9.12. The molecule has 1 aliphatic rings. The molecule has 0 radical (unpaired) electrons. The molecule has 2 rings (SSSR count). The largest absolute Gasteiger partial charge is 0.375 e. The van der Waals surface area contributed by atoms with E-state index >= 15 is 0 Å². The maximum Gasteiger partial charge on any atom is 0.155 e. The average Bonchev–Trinajstić information content (AvgIpc) is 2.25. The van der Waals surface area contributed by atoms with Gasteiger partial charge in [0, 0.05) is 12.1 Å². The second kappa shape index (κ2) is 4.47. The quantitative estimate of drug-likeness (QED) is 0.800. The number of benzene rings is 1. The first-order valence-electron chi connectivity index (χ1n) is 5.61. The number of hydrogen-bond donors (Lipinski definition) is 1. The number of nitrogens with one attached hydrogen (secondary N) is 1. The van der Waals surface area contributed by atoms with Crippen LogP contribution in [0, 0.1) is 6.92 Å². The van der Waals surface area contributed by atoms with E-state index < -0.39 is 0 Å². The van der Waals surface area contributed by atoms with Gasteiger partial charge in [-0.3, -0.25) is 4.79 Å². The summed E-state index contributed by atoms with van der Waals surface area (Å²) in [6, 6.07) is 8.25. The molecule has 0 aliphatic heterocycles. The Morgan fingerprint density at radius 2 is 1.93 bits per heavy atom. The first-order chi connectivity index (χ1) is 7.25. The Labute approximate surface area is 90.7 Å². The molecular formula is C13H17NO. The lowest BCUT2D eigenvalue weighted by Crippen LogP contribution is -2.32. The maximum absolute atomic E-state index is 11.6. The maximum atomic E-state index is 11.6. The van der Waals surface area contributed by atoms with Crippen LogP contribution in [0.15, 0.2) is 24.3 Å². The van der Waals surface area contributed by atoms with Gasteiger partial charge in [-0.15, -0.1) is 0 Å². The highest BCUT2D eigenvalue weighted by molar-refractivity contribution is 5.87. The molecule has 0 bridgehead atoms. The summed E-state index contributed by atoms with van der Waals surface area (Å²) in [5, 5.41) is 3.31. The van der Waals surface area contributed by atoms with Gasteiger partial charge in [0.25, 0.3) is 0 Å². The van der Waals surface area contributed by atoms with Gasteiger partial charge >= 0.3 is 0 Å². The van der Waals surface area contributed by atoms with Crippen molar-refractivity contribution in [1.82, 2.24) is 0 Å². The number of hydrogen-bond acceptors (Lipinski definition) is 2. The third kappa shape index (κ3) is 2.58. The van der Waals surface area contributed by atoms with Crippen molar-refractivity contribution in [1.29, 1.82) is 0 Å². The van der Waals surface area contributed by atoms with Crippen LogP contribution < -0.4 is 5.32 Å². The fourth-order valence-electron chi connectivity index (χ4n) is 1.99. The normalized spacial score (nSPS) is 21.4. The molecule has 1 aliphatic carbocycles. The third-order valence-electron chi connectivity index (χ3n) is 2.95. The highest BCUT2D eigenvalue weighted by Crippen LogP contribution is 2.19. The van der Waals surface area contributed by atoms with Crippen LogP contribution in [-0.2, 0) is 4.79 Å². The van der Waals surface area contributed by atoms with Crippen LogP contribution in [0.4, 0.5) is 5.69 Å². The van der Waals surface area contributed by atoms with Gasteiger partial charge in [-0.2, -0.15) is 0 Å². The molecule has 0 unspecified atom stereocenters. The first kappa shape index (κ1) is 10.2. The van der Waals surface area contributed by atoms with Crippen LogP contribution in [0.25, 0.3) is 0 Å². The van der Waals surface area contributed by atoms with Crippen molar-refractivity contribution in [2.24, 2.45) is 0 Å². The second-order valence-corrected chi connectivity index (χ2v) is 4.28. The predicted molar refractivity (Wildman–Crippen MR) is 62.1 cm³/mol. The standard InChI is InChI=1S/C13H17NO/c1-10-6-8-11(9-7-10)14-12-4-2-3-5-13(12)15/h6-9,12,14H,2-5H2,1H3/t12-/m1/s1. The highest BCUT2D eigenvalue weighted by Gasteiger charge is 2.21. The van der Waals surface area contributed by atoms with Crippen molar-refractivity contribution < 1.29 is 4.79 Å². The van der Waals surface area contributed by atoms with Crippen molar-refractivity contribution in [3.8, 4) is 0 Å². The summed E-state index contributed by atoms with van der Waals surface area (Å²) in [5.74, 6) is 0.363. The van der Waals surface area contributed by atoms with Crippen LogP contribution >= 0.6 is 0 Å². The summed E-state index contributed by atoms with van der Waals surface area (Å²) in [5.41, 5.74) is 2.30. The van der Waals surface area contributed by atoms with Gasteiger partial charge in [-0.1, -0.05) is 24.1 Å². The number of Topliss-reactive ketones (excluding diaryl/α,β-unsaturated/α-hetero) is 1. The van der Waals surface area contributed by atoms with Gasteiger partial charge in [0.2, 0.25) is 0 Å². The molecule has 1 atom stereocenters. The fourth-order valence-corrected chi connectivity index (χ4v) is 1.99. The van der Waals surface area contributed by atoms with Crippen molar-refractivity contribution in [3.63, 3.8) is 0 Å². The van der Waals surface area contributed by atoms with E-state index in [4.69, 9.17) is 0 Å². The molecule has 2 nitrogen and oxygen atoms in total. The SMILES string of the molecule is Cc1ccc(N[C@@H]2CCCCC2=O)cc1. The van der Waals surface area contributed by atoms with E-state index in [-0.39, 0.29) is 6.04 Å². The van der Waals surface area contributed by atoms with E-state index in [1.807, 2.05) is 12.1 Å². The number of carbonyl (C=O) groups excluding carboxylic acids is 1. The first-order valence-corrected chi connectivity index (χ1v) is 5.61. The molecular weight excluding hydrogens is 186 g/mol. The molecule has 1 saturated carbocycles. The molecule has 0 aromatic heterocycles. The Bertz CT molecular complexity index is 342. The van der Waals surface area contributed by atoms with Gasteiger partial charge < -0.3 is 5.32 Å². The third-order valence-corrected chi connectivity index (χ3v) is 2.95. The van der Waals surface area contributed by atoms with Crippen molar-refractivity contribution in [3.05, 3.63) is 29.8 Å². The van der Waals surface area contributed by atoms with Gasteiger partial charge in [-0.05, 0) is 31.9 Å². The highest BCUT2D eigenvalue weighted by atomic mass is 16.1. The number of carbonyl (C=O) groups is 1. The Morgan fingerprint density at radius 3 is 2.60 bits per heavy atom. The molecule has 1 aromatic rings. The van der Waals surface area contributed by atoms with Crippen molar-refractivity contribution in [2.45, 2.75) is 38.6 Å². The zero-order chi connectivity index (χ0) is 10.7. The lowest BCUT2D eigenvalue weighted by atomic mass is 9.94. The molecule has 0 heterocycles. The Balaban J connectivity index is 2.01. The minimum Gasteiger partial charge on any atom is -0.375 e. The average molecular weight is 203 g/mol. The number of ketones is 1. The molecule has 1 fully saturated rings. The van der Waals surface area contributed by atoms with Gasteiger partial charge in [0.05, 0.1) is 6.04 Å². The Morgan fingerprint density at radius 1 is 1.20 bits per heavy atom. The van der Waals surface area contributed by atoms with E-state index in [2.05, 4.69) is 24.4 Å². The molecule has 80 valence electrons. The van der Waals surface area contributed by atoms with Crippen LogP contribution in [0.3, 0.4) is 0 Å². The minimum atomic E-state index is 0.0430. The van der Waals surface area contributed by atoms with Gasteiger partial charge in [-0.25, -0.2) is 0 Å². The summed E-state index contributed by atoms with van der Waals surface area (Å²) < 4.78 is 0. The topological polar surface area (TPSA) is 29.1 Å². The molecule has 0 saturated heterocycles. The van der Waals surface area contributed by atoms with Gasteiger partial charge in [0.1, 0.15) is 0 Å². The zero-order valence-electron chi connectivity index (χ0n) is 9.12. The van der Waals surface area contributed by atoms with E-state index in [0.717, 1.165) is 31.4 Å². The second-order valence-electron chi connectivity index (χ2n) is 4.28. The number of aryl methyl sites for hydroxylation is 1. The van der Waals surface area contributed by atoms with Gasteiger partial charge in [0.15, 0.2) is 5.78 Å². The minimum absolute atomic E-state index is 0.0430. The molecule has 0 amide bonds. The van der Waals surface area contributed by atoms with Crippen LogP contribution in [0.5, 0.6) is 0 Å². The van der Waals surface area contributed by atoms with E-state index in [0.29, 0.717) is 5.78 Å². The van der Waals surface area contributed by atoms with Crippen LogP contribution in [0.2, 0.25) is 0 Å². The Hall–Kier alpha value is -1.31. The summed E-state index contributed by atoms with van der Waals surface area (Å²) in [4.78, 5) is 11.6. The van der Waals surface area contributed by atoms with E-state index in [1.165, 1.54) is 5.56 Å². The summed E-state index contributed by atoms with van der Waals surface area (Å²) in [6.45, 7) is 2.07. The molecule has 0 spiro atoms. The van der Waals surface area contributed by atoms with Crippen LogP contribution in [-0.4, -0.2) is 11.8 Å². The Kier molecular flexibility index (Phi) is 3.05. The summed E-state index contributed by atoms with van der Waals surface area (Å²) in [7, 11) is 0. The summed E-state index contributed by atoms with van der Waals surface area (Å²) in [6.07, 6.45) is 3.94. The molecule has 2 heteroatoms. The number of anilines is 1. The predicted octanol–water partition coefficient (Wildman–Crippen LogP) is 2.92. The fraction of sp³-hybridized carbons (Fsp3) is 0.462.